The Morgan fingerprint density at radius 3 is 2.75 bits per heavy atom. The van der Waals surface area contributed by atoms with E-state index in [1.54, 1.807) is 0 Å². The quantitative estimate of drug-likeness (QED) is 0.670. The minimum absolute atomic E-state index is 0.191. The number of fused-ring (bicyclic) bond motifs is 1. The van der Waals surface area contributed by atoms with E-state index in [0.29, 0.717) is 17.8 Å². The van der Waals surface area contributed by atoms with Crippen molar-refractivity contribution in [3.05, 3.63) is 23.8 Å². The van der Waals surface area contributed by atoms with Crippen molar-refractivity contribution in [2.75, 3.05) is 0 Å². The van der Waals surface area contributed by atoms with Crippen LogP contribution in [0.1, 0.15) is 40.0 Å². The lowest BCUT2D eigenvalue weighted by Crippen LogP contribution is -2.40. The Hall–Kier alpha value is -0.560. The van der Waals surface area contributed by atoms with Crippen molar-refractivity contribution in [1.29, 1.82) is 0 Å². The molecule has 90 valence electrons. The molecule has 0 amide bonds. The Labute approximate surface area is 99.3 Å². The highest BCUT2D eigenvalue weighted by molar-refractivity contribution is 5.22. The van der Waals surface area contributed by atoms with E-state index in [1.807, 2.05) is 0 Å². The Kier molecular flexibility index (Phi) is 3.25. The number of aliphatic hydroxyl groups is 1. The van der Waals surface area contributed by atoms with Gasteiger partial charge in [0.05, 0.1) is 6.10 Å². The third kappa shape index (κ3) is 1.98. The van der Waals surface area contributed by atoms with Crippen molar-refractivity contribution in [3.63, 3.8) is 0 Å². The summed E-state index contributed by atoms with van der Waals surface area (Å²) >= 11 is 0. The van der Waals surface area contributed by atoms with Gasteiger partial charge in [0.1, 0.15) is 0 Å². The summed E-state index contributed by atoms with van der Waals surface area (Å²) < 4.78 is 0. The molecule has 1 heteroatoms. The van der Waals surface area contributed by atoms with E-state index in [2.05, 4.69) is 33.4 Å². The molecule has 2 rings (SSSR count). The Bertz CT molecular complexity index is 313. The van der Waals surface area contributed by atoms with Crippen LogP contribution < -0.4 is 0 Å². The molecular formula is C15H24O. The molecule has 0 aromatic carbocycles. The molecule has 0 aliphatic heterocycles. The third-order valence-electron chi connectivity index (χ3n) is 4.46. The van der Waals surface area contributed by atoms with Crippen LogP contribution in [0.3, 0.4) is 0 Å². The minimum atomic E-state index is -0.191. The van der Waals surface area contributed by atoms with E-state index in [9.17, 15) is 5.11 Å². The van der Waals surface area contributed by atoms with Gasteiger partial charge >= 0.3 is 0 Å². The van der Waals surface area contributed by atoms with Gasteiger partial charge < -0.3 is 5.11 Å². The molecule has 0 bridgehead atoms. The molecule has 1 N–H and O–H groups in total. The van der Waals surface area contributed by atoms with E-state index in [-0.39, 0.29) is 6.10 Å². The van der Waals surface area contributed by atoms with Crippen LogP contribution >= 0.6 is 0 Å². The van der Waals surface area contributed by atoms with Crippen LogP contribution in [0.25, 0.3) is 0 Å². The Balaban J connectivity index is 2.31. The zero-order chi connectivity index (χ0) is 11.9. The average Bonchev–Trinajstić information content (AvgIpc) is 2.15. The first-order valence-electron chi connectivity index (χ1n) is 6.53. The number of hydrogen-bond acceptors (Lipinski definition) is 1. The number of rotatable bonds is 1. The van der Waals surface area contributed by atoms with E-state index in [1.165, 1.54) is 17.6 Å². The lowest BCUT2D eigenvalue weighted by Gasteiger charge is -2.45. The SMILES string of the molecule is C=C1CC[C@@H](C(C)C)C2C=C(C)C[C@H](O)C12. The van der Waals surface area contributed by atoms with E-state index >= 15 is 0 Å². The van der Waals surface area contributed by atoms with Crippen molar-refractivity contribution in [2.45, 2.75) is 46.1 Å². The standard InChI is InChI=1S/C15H24O/c1-9(2)12-6-5-11(4)15-13(12)7-10(3)8-14(15)16/h7,9,12-16H,4-6,8H2,1-3H3/t12-,13?,14-,15?/m0/s1. The highest BCUT2D eigenvalue weighted by atomic mass is 16.3. The van der Waals surface area contributed by atoms with Crippen LogP contribution in [-0.2, 0) is 0 Å². The Morgan fingerprint density at radius 2 is 2.12 bits per heavy atom. The number of allylic oxidation sites excluding steroid dienone is 1. The monoisotopic (exact) mass is 220 g/mol. The zero-order valence-corrected chi connectivity index (χ0v) is 10.7. The van der Waals surface area contributed by atoms with E-state index < -0.39 is 0 Å². The molecule has 1 saturated carbocycles. The second kappa shape index (κ2) is 4.37. The molecule has 0 saturated heterocycles. The molecule has 2 aliphatic carbocycles. The Morgan fingerprint density at radius 1 is 1.44 bits per heavy atom. The van der Waals surface area contributed by atoms with Gasteiger partial charge in [-0.05, 0) is 43.9 Å². The van der Waals surface area contributed by atoms with Gasteiger partial charge in [-0.25, -0.2) is 0 Å². The fraction of sp³-hybridized carbons (Fsp3) is 0.733. The van der Waals surface area contributed by atoms with Crippen molar-refractivity contribution >= 4 is 0 Å². The number of hydrogen-bond donors (Lipinski definition) is 1. The van der Waals surface area contributed by atoms with Gasteiger partial charge in [-0.1, -0.05) is 37.6 Å². The summed E-state index contributed by atoms with van der Waals surface area (Å²) in [7, 11) is 0. The predicted octanol–water partition coefficient (Wildman–Crippen LogP) is 3.55. The minimum Gasteiger partial charge on any atom is -0.392 e. The molecule has 4 atom stereocenters. The summed E-state index contributed by atoms with van der Waals surface area (Å²) in [5.74, 6) is 2.28. The third-order valence-corrected chi connectivity index (χ3v) is 4.46. The molecule has 0 heterocycles. The van der Waals surface area contributed by atoms with Gasteiger partial charge in [0.25, 0.3) is 0 Å². The maximum absolute atomic E-state index is 10.2. The average molecular weight is 220 g/mol. The predicted molar refractivity (Wildman–Crippen MR) is 68.1 cm³/mol. The maximum atomic E-state index is 10.2. The maximum Gasteiger partial charge on any atom is 0.0648 e. The lowest BCUT2D eigenvalue weighted by atomic mass is 9.61. The molecular weight excluding hydrogens is 196 g/mol. The van der Waals surface area contributed by atoms with Crippen molar-refractivity contribution in [2.24, 2.45) is 23.7 Å². The molecule has 2 unspecified atom stereocenters. The summed E-state index contributed by atoms with van der Waals surface area (Å²) in [4.78, 5) is 0. The molecule has 2 aliphatic rings. The molecule has 1 fully saturated rings. The fourth-order valence-corrected chi connectivity index (χ4v) is 3.64. The molecule has 1 nitrogen and oxygen atoms in total. The zero-order valence-electron chi connectivity index (χ0n) is 10.7. The van der Waals surface area contributed by atoms with Crippen molar-refractivity contribution < 1.29 is 5.11 Å². The normalized spacial score (nSPS) is 39.6. The highest BCUT2D eigenvalue weighted by Crippen LogP contribution is 2.47. The van der Waals surface area contributed by atoms with Crippen LogP contribution in [0.2, 0.25) is 0 Å². The summed E-state index contributed by atoms with van der Waals surface area (Å²) in [6.45, 7) is 10.9. The molecule has 0 spiro atoms. The topological polar surface area (TPSA) is 20.2 Å². The van der Waals surface area contributed by atoms with Crippen LogP contribution in [-0.4, -0.2) is 11.2 Å². The van der Waals surface area contributed by atoms with Gasteiger partial charge in [-0.15, -0.1) is 0 Å². The second-order valence-corrected chi connectivity index (χ2v) is 5.99. The van der Waals surface area contributed by atoms with Gasteiger partial charge in [-0.2, -0.15) is 0 Å². The van der Waals surface area contributed by atoms with Crippen LogP contribution in [0.15, 0.2) is 23.8 Å². The first kappa shape index (κ1) is 11.9. The summed E-state index contributed by atoms with van der Waals surface area (Å²) in [6, 6.07) is 0. The first-order valence-corrected chi connectivity index (χ1v) is 6.53. The van der Waals surface area contributed by atoms with Crippen LogP contribution in [0, 0.1) is 23.7 Å². The molecule has 0 aromatic rings. The van der Waals surface area contributed by atoms with Crippen molar-refractivity contribution in [3.8, 4) is 0 Å². The fourth-order valence-electron chi connectivity index (χ4n) is 3.64. The molecule has 16 heavy (non-hydrogen) atoms. The van der Waals surface area contributed by atoms with E-state index in [0.717, 1.165) is 18.8 Å². The van der Waals surface area contributed by atoms with Gasteiger partial charge in [-0.3, -0.25) is 0 Å². The van der Waals surface area contributed by atoms with Gasteiger partial charge in [0.15, 0.2) is 0 Å². The summed E-state index contributed by atoms with van der Waals surface area (Å²) in [5, 5.41) is 10.2. The second-order valence-electron chi connectivity index (χ2n) is 5.99. The van der Waals surface area contributed by atoms with E-state index in [4.69, 9.17) is 0 Å². The smallest absolute Gasteiger partial charge is 0.0648 e. The first-order chi connectivity index (χ1) is 7.50. The lowest BCUT2D eigenvalue weighted by molar-refractivity contribution is 0.0502. The highest BCUT2D eigenvalue weighted by Gasteiger charge is 2.41. The summed E-state index contributed by atoms with van der Waals surface area (Å²) in [6.07, 6.45) is 5.41. The van der Waals surface area contributed by atoms with Gasteiger partial charge in [0, 0.05) is 5.92 Å². The number of aliphatic hydroxyl groups excluding tert-OH is 1. The largest absolute Gasteiger partial charge is 0.392 e. The molecule has 0 aromatic heterocycles. The summed E-state index contributed by atoms with van der Waals surface area (Å²) in [5.41, 5.74) is 2.63. The van der Waals surface area contributed by atoms with Gasteiger partial charge in [0.2, 0.25) is 0 Å². The molecule has 0 radical (unpaired) electrons. The van der Waals surface area contributed by atoms with Crippen LogP contribution in [0.4, 0.5) is 0 Å². The van der Waals surface area contributed by atoms with Crippen molar-refractivity contribution in [1.82, 2.24) is 0 Å². The van der Waals surface area contributed by atoms with Crippen LogP contribution in [0.5, 0.6) is 0 Å².